The molecule has 0 fully saturated rings. The second-order valence-corrected chi connectivity index (χ2v) is 5.95. The first-order valence-electron chi connectivity index (χ1n) is 7.02. The minimum absolute atomic E-state index is 0.128. The maximum Gasteiger partial charge on any atom is 0.408 e. The Kier molecular flexibility index (Phi) is 5.96. The van der Waals surface area contributed by atoms with Gasteiger partial charge in [0.05, 0.1) is 18.7 Å². The van der Waals surface area contributed by atoms with Gasteiger partial charge < -0.3 is 20.5 Å². The minimum atomic E-state index is -0.940. The summed E-state index contributed by atoms with van der Waals surface area (Å²) < 4.78 is 9.83. The van der Waals surface area contributed by atoms with Crippen LogP contribution in [0, 0.1) is 11.3 Å². The number of carbonyl (C=O) groups excluding carboxylic acids is 2. The summed E-state index contributed by atoms with van der Waals surface area (Å²) in [6.45, 7) is 5.16. The normalized spacial score (nSPS) is 12.0. The van der Waals surface area contributed by atoms with E-state index in [9.17, 15) is 9.59 Å². The first kappa shape index (κ1) is 18.3. The van der Waals surface area contributed by atoms with Crippen LogP contribution in [0.25, 0.3) is 0 Å². The molecule has 7 nitrogen and oxygen atoms in total. The second-order valence-electron chi connectivity index (χ2n) is 5.95. The highest BCUT2D eigenvalue weighted by atomic mass is 16.6. The fourth-order valence-corrected chi connectivity index (χ4v) is 1.86. The third-order valence-electron chi connectivity index (χ3n) is 2.88. The van der Waals surface area contributed by atoms with Crippen molar-refractivity contribution in [3.05, 3.63) is 29.3 Å². The number of nitrogens with one attached hydrogen (secondary N) is 1. The van der Waals surface area contributed by atoms with Gasteiger partial charge in [0.2, 0.25) is 0 Å². The molecule has 0 spiro atoms. The smallest absolute Gasteiger partial charge is 0.408 e. The maximum absolute atomic E-state index is 11.9. The Morgan fingerprint density at radius 3 is 2.52 bits per heavy atom. The number of hydrogen-bond donors (Lipinski definition) is 2. The molecule has 0 bridgehead atoms. The number of alkyl carbamates (subject to hydrolysis) is 1. The molecule has 0 aliphatic heterocycles. The number of nitriles is 1. The van der Waals surface area contributed by atoms with Gasteiger partial charge in [-0.1, -0.05) is 6.07 Å². The van der Waals surface area contributed by atoms with Crippen molar-refractivity contribution >= 4 is 17.7 Å². The van der Waals surface area contributed by atoms with Crippen LogP contribution in [-0.4, -0.2) is 30.8 Å². The van der Waals surface area contributed by atoms with Crippen LogP contribution in [0.2, 0.25) is 0 Å². The molecule has 1 atom stereocenters. The summed E-state index contributed by atoms with van der Waals surface area (Å²) in [4.78, 5) is 23.7. The predicted molar refractivity (Wildman–Crippen MR) is 84.4 cm³/mol. The van der Waals surface area contributed by atoms with Crippen molar-refractivity contribution in [2.75, 3.05) is 12.8 Å². The Morgan fingerprint density at radius 1 is 1.39 bits per heavy atom. The molecule has 1 rings (SSSR count). The zero-order chi connectivity index (χ0) is 17.6. The molecule has 0 aromatic heterocycles. The number of anilines is 1. The molecular formula is C16H21N3O4. The van der Waals surface area contributed by atoms with Crippen LogP contribution >= 0.6 is 0 Å². The molecule has 1 unspecified atom stereocenters. The maximum atomic E-state index is 11.9. The lowest BCUT2D eigenvalue weighted by atomic mass is 10.0. The van der Waals surface area contributed by atoms with Crippen LogP contribution in [0.3, 0.4) is 0 Å². The van der Waals surface area contributed by atoms with Crippen molar-refractivity contribution < 1.29 is 19.1 Å². The van der Waals surface area contributed by atoms with Gasteiger partial charge in [-0.3, -0.25) is 0 Å². The summed E-state index contributed by atoms with van der Waals surface area (Å²) in [6, 6.07) is 5.78. The van der Waals surface area contributed by atoms with Gasteiger partial charge >= 0.3 is 12.1 Å². The Bertz CT molecular complexity index is 629. The largest absolute Gasteiger partial charge is 0.467 e. The average Bonchev–Trinajstić information content (AvgIpc) is 2.45. The van der Waals surface area contributed by atoms with Crippen molar-refractivity contribution in [1.29, 1.82) is 5.26 Å². The van der Waals surface area contributed by atoms with Gasteiger partial charge in [0.1, 0.15) is 11.6 Å². The molecule has 0 saturated carbocycles. The van der Waals surface area contributed by atoms with Crippen LogP contribution in [-0.2, 0) is 20.7 Å². The van der Waals surface area contributed by atoms with Gasteiger partial charge in [-0.05, 0) is 38.5 Å². The highest BCUT2D eigenvalue weighted by Gasteiger charge is 2.25. The molecule has 0 heterocycles. The van der Waals surface area contributed by atoms with E-state index >= 15 is 0 Å². The lowest BCUT2D eigenvalue weighted by molar-refractivity contribution is -0.143. The van der Waals surface area contributed by atoms with Crippen molar-refractivity contribution in [2.24, 2.45) is 0 Å². The van der Waals surface area contributed by atoms with Crippen molar-refractivity contribution in [2.45, 2.75) is 38.8 Å². The van der Waals surface area contributed by atoms with Crippen molar-refractivity contribution in [3.63, 3.8) is 0 Å². The highest BCUT2D eigenvalue weighted by Crippen LogP contribution is 2.17. The zero-order valence-corrected chi connectivity index (χ0v) is 13.7. The molecule has 3 N–H and O–H groups in total. The third-order valence-corrected chi connectivity index (χ3v) is 2.88. The summed E-state index contributed by atoms with van der Waals surface area (Å²) in [5, 5.41) is 11.3. The monoisotopic (exact) mass is 319 g/mol. The van der Waals surface area contributed by atoms with Gasteiger partial charge in [0.25, 0.3) is 0 Å². The number of nitrogen functional groups attached to an aromatic ring is 1. The molecule has 23 heavy (non-hydrogen) atoms. The molecule has 0 aliphatic rings. The van der Waals surface area contributed by atoms with Crippen molar-refractivity contribution in [3.8, 4) is 6.07 Å². The molecular weight excluding hydrogens is 298 g/mol. The number of carbonyl (C=O) groups is 2. The lowest BCUT2D eigenvalue weighted by Crippen LogP contribution is -2.45. The number of ether oxygens (including phenoxy) is 2. The summed E-state index contributed by atoms with van der Waals surface area (Å²) in [5.41, 5.74) is 6.59. The van der Waals surface area contributed by atoms with E-state index in [2.05, 4.69) is 5.32 Å². The Labute approximate surface area is 135 Å². The Balaban J connectivity index is 2.90. The summed E-state index contributed by atoms with van der Waals surface area (Å²) in [7, 11) is 1.23. The fraction of sp³-hybridized carbons (Fsp3) is 0.438. The van der Waals surface area contributed by atoms with E-state index in [0.29, 0.717) is 16.8 Å². The number of methoxy groups -OCH3 is 1. The number of nitrogens with zero attached hydrogens (tertiary/aromatic N) is 1. The topological polar surface area (TPSA) is 114 Å². The first-order chi connectivity index (χ1) is 10.7. The fourth-order valence-electron chi connectivity index (χ4n) is 1.86. The van der Waals surface area contributed by atoms with Crippen molar-refractivity contribution in [1.82, 2.24) is 5.32 Å². The molecule has 1 aromatic rings. The number of esters is 1. The van der Waals surface area contributed by atoms with E-state index in [1.165, 1.54) is 13.2 Å². The van der Waals surface area contributed by atoms with Gasteiger partial charge in [-0.25, -0.2) is 9.59 Å². The number of rotatable bonds is 4. The van der Waals surface area contributed by atoms with Crippen LogP contribution in [0.15, 0.2) is 18.2 Å². The molecule has 1 aromatic carbocycles. The third kappa shape index (κ3) is 5.87. The van der Waals surface area contributed by atoms with E-state index in [4.69, 9.17) is 20.5 Å². The molecule has 124 valence electrons. The van der Waals surface area contributed by atoms with Crippen LogP contribution in [0.4, 0.5) is 10.5 Å². The molecule has 0 aliphatic carbocycles. The van der Waals surface area contributed by atoms with E-state index in [0.717, 1.165) is 0 Å². The second kappa shape index (κ2) is 7.49. The van der Waals surface area contributed by atoms with Gasteiger partial charge in [-0.15, -0.1) is 0 Å². The Hall–Kier alpha value is -2.75. The van der Waals surface area contributed by atoms with Gasteiger partial charge in [0, 0.05) is 12.1 Å². The SMILES string of the molecule is COC(=O)C(Cc1ccc(C#N)cc1N)NC(=O)OC(C)(C)C. The molecule has 1 amide bonds. The van der Waals surface area contributed by atoms with E-state index in [1.807, 2.05) is 6.07 Å². The van der Waals surface area contributed by atoms with Crippen LogP contribution in [0.5, 0.6) is 0 Å². The first-order valence-corrected chi connectivity index (χ1v) is 7.02. The summed E-state index contributed by atoms with van der Waals surface area (Å²) >= 11 is 0. The number of hydrogen-bond acceptors (Lipinski definition) is 6. The zero-order valence-electron chi connectivity index (χ0n) is 13.7. The number of nitrogens with two attached hydrogens (primary N) is 1. The quantitative estimate of drug-likeness (QED) is 0.645. The predicted octanol–water partition coefficient (Wildman–Crippen LogP) is 1.75. The van der Waals surface area contributed by atoms with E-state index in [-0.39, 0.29) is 6.42 Å². The van der Waals surface area contributed by atoms with E-state index in [1.54, 1.807) is 32.9 Å². The highest BCUT2D eigenvalue weighted by molar-refractivity contribution is 5.82. The van der Waals surface area contributed by atoms with Crippen LogP contribution < -0.4 is 11.1 Å². The average molecular weight is 319 g/mol. The minimum Gasteiger partial charge on any atom is -0.467 e. The lowest BCUT2D eigenvalue weighted by Gasteiger charge is -2.23. The van der Waals surface area contributed by atoms with Crippen LogP contribution in [0.1, 0.15) is 31.9 Å². The molecule has 0 radical (unpaired) electrons. The van der Waals surface area contributed by atoms with E-state index < -0.39 is 23.7 Å². The molecule has 0 saturated heterocycles. The molecule has 7 heteroatoms. The van der Waals surface area contributed by atoms with Gasteiger partial charge in [-0.2, -0.15) is 5.26 Å². The van der Waals surface area contributed by atoms with Gasteiger partial charge in [0.15, 0.2) is 0 Å². The summed E-state index contributed by atoms with van der Waals surface area (Å²) in [6.07, 6.45) is -0.594. The summed E-state index contributed by atoms with van der Waals surface area (Å²) in [5.74, 6) is -0.611. The number of amides is 1. The Morgan fingerprint density at radius 2 is 2.04 bits per heavy atom. The number of benzene rings is 1. The standard InChI is InChI=1S/C16H21N3O4/c1-16(2,3)23-15(21)19-13(14(20)22-4)8-11-6-5-10(9-17)7-12(11)18/h5-7,13H,8,18H2,1-4H3,(H,19,21).